The first-order valence-electron chi connectivity index (χ1n) is 6.77. The molecular formula is C17H20N2O2. The van der Waals surface area contributed by atoms with Gasteiger partial charge in [-0.15, -0.1) is 0 Å². The highest BCUT2D eigenvalue weighted by Crippen LogP contribution is 2.25. The molecule has 2 aromatic carbocycles. The fourth-order valence-corrected chi connectivity index (χ4v) is 2.13. The van der Waals surface area contributed by atoms with Crippen molar-refractivity contribution in [3.05, 3.63) is 58.1 Å². The maximum Gasteiger partial charge on any atom is 0.248 e. The predicted molar refractivity (Wildman–Crippen MR) is 84.4 cm³/mol. The van der Waals surface area contributed by atoms with E-state index < -0.39 is 5.91 Å². The summed E-state index contributed by atoms with van der Waals surface area (Å²) in [5.41, 5.74) is 16.4. The Morgan fingerprint density at radius 1 is 1.05 bits per heavy atom. The molecule has 0 heterocycles. The second kappa shape index (κ2) is 5.87. The number of anilines is 1. The minimum absolute atomic E-state index is 0.421. The molecule has 1 amide bonds. The molecule has 0 saturated heterocycles. The number of nitrogen functional groups attached to an aromatic ring is 1. The molecule has 4 heteroatoms. The van der Waals surface area contributed by atoms with Gasteiger partial charge in [0, 0.05) is 11.3 Å². The van der Waals surface area contributed by atoms with E-state index in [2.05, 4.69) is 0 Å². The monoisotopic (exact) mass is 284 g/mol. The molecule has 0 radical (unpaired) electrons. The smallest absolute Gasteiger partial charge is 0.248 e. The largest absolute Gasteiger partial charge is 0.489 e. The lowest BCUT2D eigenvalue weighted by molar-refractivity contribution is 0.1000. The predicted octanol–water partition coefficient (Wildman–Crippen LogP) is 2.87. The van der Waals surface area contributed by atoms with Crippen molar-refractivity contribution < 1.29 is 9.53 Å². The van der Waals surface area contributed by atoms with Crippen LogP contribution in [0.15, 0.2) is 30.3 Å². The van der Waals surface area contributed by atoms with Crippen LogP contribution in [0.5, 0.6) is 5.75 Å². The van der Waals surface area contributed by atoms with Crippen molar-refractivity contribution in [3.8, 4) is 5.75 Å². The van der Waals surface area contributed by atoms with Gasteiger partial charge in [0.1, 0.15) is 12.4 Å². The van der Waals surface area contributed by atoms with E-state index in [0.717, 1.165) is 33.7 Å². The molecule has 0 saturated carbocycles. The van der Waals surface area contributed by atoms with Gasteiger partial charge in [-0.25, -0.2) is 0 Å². The lowest BCUT2D eigenvalue weighted by Crippen LogP contribution is -2.11. The van der Waals surface area contributed by atoms with Gasteiger partial charge in [-0.1, -0.05) is 6.07 Å². The van der Waals surface area contributed by atoms with Crippen molar-refractivity contribution >= 4 is 11.6 Å². The highest BCUT2D eigenvalue weighted by molar-refractivity contribution is 5.93. The third-order valence-electron chi connectivity index (χ3n) is 3.57. The number of primary amides is 1. The number of carbonyl (C=O) groups is 1. The van der Waals surface area contributed by atoms with Crippen LogP contribution in [-0.2, 0) is 6.61 Å². The van der Waals surface area contributed by atoms with E-state index in [0.29, 0.717) is 12.2 Å². The normalized spacial score (nSPS) is 10.4. The topological polar surface area (TPSA) is 78.3 Å². The van der Waals surface area contributed by atoms with Crippen molar-refractivity contribution in [3.63, 3.8) is 0 Å². The SMILES string of the molecule is Cc1cc(OCc2ccc(C(N)=O)cc2C)c(C)cc1N. The lowest BCUT2D eigenvalue weighted by atomic mass is 10.1. The number of carbonyl (C=O) groups excluding carboxylic acids is 1. The first-order valence-corrected chi connectivity index (χ1v) is 6.77. The van der Waals surface area contributed by atoms with E-state index in [1.165, 1.54) is 0 Å². The first-order chi connectivity index (χ1) is 9.88. The van der Waals surface area contributed by atoms with Crippen LogP contribution in [0.2, 0.25) is 0 Å². The van der Waals surface area contributed by atoms with Gasteiger partial charge in [0.2, 0.25) is 5.91 Å². The third-order valence-corrected chi connectivity index (χ3v) is 3.57. The number of amides is 1. The summed E-state index contributed by atoms with van der Waals surface area (Å²) in [5.74, 6) is 0.399. The Bertz CT molecular complexity index is 693. The van der Waals surface area contributed by atoms with Crippen LogP contribution >= 0.6 is 0 Å². The zero-order valence-electron chi connectivity index (χ0n) is 12.6. The van der Waals surface area contributed by atoms with Crippen molar-refractivity contribution in [1.29, 1.82) is 0 Å². The molecule has 0 unspecified atom stereocenters. The molecule has 2 rings (SSSR count). The van der Waals surface area contributed by atoms with E-state index in [9.17, 15) is 4.79 Å². The van der Waals surface area contributed by atoms with Crippen molar-refractivity contribution in [2.24, 2.45) is 5.73 Å². The number of benzene rings is 2. The number of hydrogen-bond donors (Lipinski definition) is 2. The Balaban J connectivity index is 2.17. The van der Waals surface area contributed by atoms with Gasteiger partial charge in [-0.3, -0.25) is 4.79 Å². The van der Waals surface area contributed by atoms with Crippen LogP contribution in [0.4, 0.5) is 5.69 Å². The van der Waals surface area contributed by atoms with Gasteiger partial charge in [0.25, 0.3) is 0 Å². The Morgan fingerprint density at radius 2 is 1.76 bits per heavy atom. The van der Waals surface area contributed by atoms with Crippen molar-refractivity contribution in [1.82, 2.24) is 0 Å². The summed E-state index contributed by atoms with van der Waals surface area (Å²) < 4.78 is 5.87. The Labute approximate surface area is 124 Å². The maximum atomic E-state index is 11.1. The molecule has 0 spiro atoms. The molecule has 0 bridgehead atoms. The zero-order valence-corrected chi connectivity index (χ0v) is 12.6. The minimum Gasteiger partial charge on any atom is -0.489 e. The molecule has 0 fully saturated rings. The van der Waals surface area contributed by atoms with Crippen LogP contribution in [0.25, 0.3) is 0 Å². The molecule has 0 atom stereocenters. The quantitative estimate of drug-likeness (QED) is 0.847. The van der Waals surface area contributed by atoms with E-state index >= 15 is 0 Å². The number of hydrogen-bond acceptors (Lipinski definition) is 3. The first kappa shape index (κ1) is 14.9. The number of aryl methyl sites for hydroxylation is 3. The van der Waals surface area contributed by atoms with Gasteiger partial charge in [0.15, 0.2) is 0 Å². The summed E-state index contributed by atoms with van der Waals surface area (Å²) in [7, 11) is 0. The number of ether oxygens (including phenoxy) is 1. The van der Waals surface area contributed by atoms with Crippen molar-refractivity contribution in [2.45, 2.75) is 27.4 Å². The number of nitrogens with two attached hydrogens (primary N) is 2. The van der Waals surface area contributed by atoms with Gasteiger partial charge in [-0.05, 0) is 67.3 Å². The molecular weight excluding hydrogens is 264 g/mol. The fourth-order valence-electron chi connectivity index (χ4n) is 2.13. The van der Waals surface area contributed by atoms with Crippen LogP contribution in [0.1, 0.15) is 32.6 Å². The van der Waals surface area contributed by atoms with Gasteiger partial charge in [-0.2, -0.15) is 0 Å². The second-order valence-corrected chi connectivity index (χ2v) is 5.27. The Hall–Kier alpha value is -2.49. The Morgan fingerprint density at radius 3 is 2.38 bits per heavy atom. The molecule has 4 N–H and O–H groups in total. The zero-order chi connectivity index (χ0) is 15.6. The minimum atomic E-state index is -0.421. The average molecular weight is 284 g/mol. The average Bonchev–Trinajstić information content (AvgIpc) is 2.42. The summed E-state index contributed by atoms with van der Waals surface area (Å²) >= 11 is 0. The highest BCUT2D eigenvalue weighted by atomic mass is 16.5. The molecule has 4 nitrogen and oxygen atoms in total. The van der Waals surface area contributed by atoms with Crippen LogP contribution in [0, 0.1) is 20.8 Å². The van der Waals surface area contributed by atoms with Gasteiger partial charge in [0.05, 0.1) is 0 Å². The lowest BCUT2D eigenvalue weighted by Gasteiger charge is -2.13. The highest BCUT2D eigenvalue weighted by Gasteiger charge is 2.07. The third kappa shape index (κ3) is 3.34. The van der Waals surface area contributed by atoms with E-state index in [-0.39, 0.29) is 0 Å². The van der Waals surface area contributed by atoms with E-state index in [4.69, 9.17) is 16.2 Å². The fraction of sp³-hybridized carbons (Fsp3) is 0.235. The summed E-state index contributed by atoms with van der Waals surface area (Å²) in [5, 5.41) is 0. The molecule has 110 valence electrons. The van der Waals surface area contributed by atoms with Crippen LogP contribution < -0.4 is 16.2 Å². The van der Waals surface area contributed by atoms with Crippen molar-refractivity contribution in [2.75, 3.05) is 5.73 Å². The summed E-state index contributed by atoms with van der Waals surface area (Å²) in [6.07, 6.45) is 0. The van der Waals surface area contributed by atoms with Gasteiger partial charge < -0.3 is 16.2 Å². The molecule has 2 aromatic rings. The molecule has 0 aromatic heterocycles. The second-order valence-electron chi connectivity index (χ2n) is 5.27. The van der Waals surface area contributed by atoms with Gasteiger partial charge >= 0.3 is 0 Å². The standard InChI is InChI=1S/C17H20N2O2/c1-10-6-13(17(19)20)4-5-14(10)9-21-16-8-11(2)15(18)7-12(16)3/h4-8H,9,18H2,1-3H3,(H2,19,20). The van der Waals surface area contributed by atoms with E-state index in [1.54, 1.807) is 12.1 Å². The molecule has 21 heavy (non-hydrogen) atoms. The van der Waals surface area contributed by atoms with Crippen LogP contribution in [0.3, 0.4) is 0 Å². The van der Waals surface area contributed by atoms with E-state index in [1.807, 2.05) is 39.0 Å². The Kier molecular flexibility index (Phi) is 4.17. The molecule has 0 aliphatic heterocycles. The number of rotatable bonds is 4. The van der Waals surface area contributed by atoms with Crippen LogP contribution in [-0.4, -0.2) is 5.91 Å². The molecule has 0 aliphatic carbocycles. The summed E-state index contributed by atoms with van der Waals surface area (Å²) in [6.45, 7) is 6.30. The summed E-state index contributed by atoms with van der Waals surface area (Å²) in [6, 6.07) is 9.22. The molecule has 0 aliphatic rings. The maximum absolute atomic E-state index is 11.1. The summed E-state index contributed by atoms with van der Waals surface area (Å²) in [4.78, 5) is 11.1.